The minimum atomic E-state index is -0.0754. The highest BCUT2D eigenvalue weighted by Crippen LogP contribution is 2.24. The van der Waals surface area contributed by atoms with Gasteiger partial charge < -0.3 is 4.90 Å². The maximum Gasteiger partial charge on any atom is 0.263 e. The fraction of sp³-hybridized carbons (Fsp3) is 0.238. The lowest BCUT2D eigenvalue weighted by molar-refractivity contribution is 0.786. The van der Waals surface area contributed by atoms with E-state index in [2.05, 4.69) is 36.0 Å². The van der Waals surface area contributed by atoms with E-state index in [1.54, 1.807) is 17.0 Å². The smallest absolute Gasteiger partial charge is 0.263 e. The molecule has 29 heavy (non-hydrogen) atoms. The number of benzene rings is 1. The minimum absolute atomic E-state index is 0.0754. The molecular weight excluding hydrogens is 432 g/mol. The average molecular weight is 451 g/mol. The first-order valence-electron chi connectivity index (χ1n) is 9.61. The number of anilines is 1. The van der Waals surface area contributed by atoms with Crippen molar-refractivity contribution in [3.63, 3.8) is 0 Å². The molecule has 0 aliphatic carbocycles. The Morgan fingerprint density at radius 2 is 1.86 bits per heavy atom. The summed E-state index contributed by atoms with van der Waals surface area (Å²) in [4.78, 5) is 19.5. The van der Waals surface area contributed by atoms with E-state index in [9.17, 15) is 4.79 Å². The molecule has 8 heteroatoms. The van der Waals surface area contributed by atoms with Crippen LogP contribution in [-0.4, -0.2) is 37.2 Å². The number of allylic oxidation sites excluding steroid dienone is 1. The molecule has 146 valence electrons. The van der Waals surface area contributed by atoms with Crippen molar-refractivity contribution in [3.8, 4) is 0 Å². The largest absolute Gasteiger partial charge is 0.341 e. The summed E-state index contributed by atoms with van der Waals surface area (Å²) in [5.41, 5.74) is 1.79. The van der Waals surface area contributed by atoms with Gasteiger partial charge in [0.1, 0.15) is 0 Å². The first-order chi connectivity index (χ1) is 14.2. The number of pyridine rings is 1. The third kappa shape index (κ3) is 3.23. The number of fused-ring (bicyclic) bond motifs is 3. The van der Waals surface area contributed by atoms with E-state index in [1.807, 2.05) is 46.9 Å². The second-order valence-electron chi connectivity index (χ2n) is 7.09. The summed E-state index contributed by atoms with van der Waals surface area (Å²) in [6.45, 7) is 2.32. The van der Waals surface area contributed by atoms with Crippen LogP contribution in [-0.2, 0) is 6.54 Å². The van der Waals surface area contributed by atoms with Crippen LogP contribution in [0.3, 0.4) is 0 Å². The van der Waals surface area contributed by atoms with Gasteiger partial charge in [0.25, 0.3) is 5.56 Å². The zero-order chi connectivity index (χ0) is 19.8. The van der Waals surface area contributed by atoms with Gasteiger partial charge in [0.2, 0.25) is 11.7 Å². The average Bonchev–Trinajstić information content (AvgIpc) is 3.41. The zero-order valence-corrected chi connectivity index (χ0v) is 17.3. The molecule has 0 bridgehead atoms. The van der Waals surface area contributed by atoms with Crippen LogP contribution in [0.4, 0.5) is 5.95 Å². The van der Waals surface area contributed by atoms with Gasteiger partial charge in [0.05, 0.1) is 10.9 Å². The molecule has 1 aromatic carbocycles. The summed E-state index contributed by atoms with van der Waals surface area (Å²) < 4.78 is 4.56. The van der Waals surface area contributed by atoms with Crippen molar-refractivity contribution in [1.29, 1.82) is 0 Å². The molecule has 0 amide bonds. The van der Waals surface area contributed by atoms with Crippen LogP contribution < -0.4 is 10.5 Å². The fourth-order valence-electron chi connectivity index (χ4n) is 3.82. The molecule has 0 saturated carbocycles. The number of rotatable bonds is 4. The number of hydrogen-bond donors (Lipinski definition) is 0. The number of halogens is 1. The summed E-state index contributed by atoms with van der Waals surface area (Å²) in [5.74, 6) is 1.36. The molecule has 5 rings (SSSR count). The van der Waals surface area contributed by atoms with E-state index in [0.29, 0.717) is 17.7 Å². The number of nitrogens with zero attached hydrogens (tertiary/aromatic N) is 6. The molecule has 7 nitrogen and oxygen atoms in total. The van der Waals surface area contributed by atoms with Crippen molar-refractivity contribution in [2.45, 2.75) is 19.4 Å². The van der Waals surface area contributed by atoms with E-state index in [-0.39, 0.29) is 5.56 Å². The van der Waals surface area contributed by atoms with Crippen LogP contribution in [0.25, 0.3) is 22.8 Å². The lowest BCUT2D eigenvalue weighted by Gasteiger charge is -2.16. The zero-order valence-electron chi connectivity index (χ0n) is 15.7. The van der Waals surface area contributed by atoms with Crippen LogP contribution in [0.1, 0.15) is 18.4 Å². The predicted molar refractivity (Wildman–Crippen MR) is 117 cm³/mol. The van der Waals surface area contributed by atoms with Crippen molar-refractivity contribution in [1.82, 2.24) is 24.1 Å². The SMILES string of the molecule is O=c1c2cc(Br)ccc2n2c(N3CCCC3)nnc2n1CC=Cc1ccncc1. The van der Waals surface area contributed by atoms with Gasteiger partial charge in [-0.1, -0.05) is 28.1 Å². The second-order valence-corrected chi connectivity index (χ2v) is 8.01. The predicted octanol–water partition coefficient (Wildman–Crippen LogP) is 3.52. The summed E-state index contributed by atoms with van der Waals surface area (Å²) in [6.07, 6.45) is 9.73. The van der Waals surface area contributed by atoms with Gasteiger partial charge in [-0.15, -0.1) is 10.2 Å². The highest BCUT2D eigenvalue weighted by molar-refractivity contribution is 9.10. The van der Waals surface area contributed by atoms with Crippen LogP contribution in [0, 0.1) is 0 Å². The molecule has 0 unspecified atom stereocenters. The van der Waals surface area contributed by atoms with Gasteiger partial charge in [-0.25, -0.2) is 4.40 Å². The van der Waals surface area contributed by atoms with Crippen LogP contribution in [0.2, 0.25) is 0 Å². The molecule has 0 radical (unpaired) electrons. The van der Waals surface area contributed by atoms with Crippen molar-refractivity contribution < 1.29 is 0 Å². The first kappa shape index (κ1) is 18.1. The van der Waals surface area contributed by atoms with E-state index in [4.69, 9.17) is 0 Å². The van der Waals surface area contributed by atoms with Gasteiger partial charge >= 0.3 is 0 Å². The van der Waals surface area contributed by atoms with Gasteiger partial charge in [-0.2, -0.15) is 0 Å². The standard InChI is InChI=1S/C21H19BrN6O/c22-16-5-6-18-17(14-16)19(29)27(13-3-4-15-7-9-23-10-8-15)21-25-24-20(28(18)21)26-11-1-2-12-26/h3-10,14H,1-2,11-13H2. The molecular formula is C21H19BrN6O. The van der Waals surface area contributed by atoms with Crippen molar-refractivity contribution in [3.05, 3.63) is 69.2 Å². The van der Waals surface area contributed by atoms with Gasteiger partial charge in [-0.05, 0) is 48.7 Å². The molecule has 1 aliphatic rings. The lowest BCUT2D eigenvalue weighted by atomic mass is 10.2. The Morgan fingerprint density at radius 1 is 1.07 bits per heavy atom. The van der Waals surface area contributed by atoms with Crippen molar-refractivity contribution in [2.75, 3.05) is 18.0 Å². The van der Waals surface area contributed by atoms with Crippen LogP contribution in [0.15, 0.2) is 58.1 Å². The maximum atomic E-state index is 13.3. The molecule has 0 atom stereocenters. The van der Waals surface area contributed by atoms with Crippen LogP contribution >= 0.6 is 15.9 Å². The number of aromatic nitrogens is 5. The Balaban J connectivity index is 1.68. The fourth-order valence-corrected chi connectivity index (χ4v) is 4.19. The third-order valence-corrected chi connectivity index (χ3v) is 5.73. The second kappa shape index (κ2) is 7.44. The Bertz CT molecular complexity index is 1270. The Kier molecular flexibility index (Phi) is 4.63. The highest BCUT2D eigenvalue weighted by Gasteiger charge is 2.22. The van der Waals surface area contributed by atoms with E-state index >= 15 is 0 Å². The number of hydrogen-bond acceptors (Lipinski definition) is 5. The molecule has 0 spiro atoms. The minimum Gasteiger partial charge on any atom is -0.341 e. The topological polar surface area (TPSA) is 68.3 Å². The quantitative estimate of drug-likeness (QED) is 0.475. The van der Waals surface area contributed by atoms with Crippen molar-refractivity contribution >= 4 is 44.6 Å². The Morgan fingerprint density at radius 3 is 2.66 bits per heavy atom. The molecule has 4 heterocycles. The highest BCUT2D eigenvalue weighted by atomic mass is 79.9. The van der Waals surface area contributed by atoms with E-state index in [1.165, 1.54) is 0 Å². The molecule has 1 fully saturated rings. The van der Waals surface area contributed by atoms with E-state index < -0.39 is 0 Å². The normalized spacial score (nSPS) is 14.6. The van der Waals surface area contributed by atoms with Crippen LogP contribution in [0.5, 0.6) is 0 Å². The molecule has 1 saturated heterocycles. The van der Waals surface area contributed by atoms with E-state index in [0.717, 1.165) is 47.4 Å². The molecule has 0 N–H and O–H groups in total. The van der Waals surface area contributed by atoms with Gasteiger partial charge in [0.15, 0.2) is 0 Å². The van der Waals surface area contributed by atoms with Gasteiger partial charge in [0, 0.05) is 36.5 Å². The van der Waals surface area contributed by atoms with Crippen molar-refractivity contribution in [2.24, 2.45) is 0 Å². The molecule has 4 aromatic rings. The Hall–Kier alpha value is -3.00. The third-order valence-electron chi connectivity index (χ3n) is 5.24. The monoisotopic (exact) mass is 450 g/mol. The first-order valence-corrected chi connectivity index (χ1v) is 10.4. The maximum absolute atomic E-state index is 13.3. The lowest BCUT2D eigenvalue weighted by Crippen LogP contribution is -2.25. The molecule has 1 aliphatic heterocycles. The Labute approximate surface area is 175 Å². The molecule has 3 aromatic heterocycles. The summed E-state index contributed by atoms with van der Waals surface area (Å²) in [6, 6.07) is 9.62. The summed E-state index contributed by atoms with van der Waals surface area (Å²) in [5, 5.41) is 9.50. The summed E-state index contributed by atoms with van der Waals surface area (Å²) in [7, 11) is 0. The van der Waals surface area contributed by atoms with Gasteiger partial charge in [-0.3, -0.25) is 14.3 Å². The summed E-state index contributed by atoms with van der Waals surface area (Å²) >= 11 is 3.50.